The lowest BCUT2D eigenvalue weighted by Gasteiger charge is -2.50. The van der Waals surface area contributed by atoms with Gasteiger partial charge in [0.2, 0.25) is 5.91 Å². The molecule has 0 fully saturated rings. The Kier molecular flexibility index (Phi) is 2.79. The third kappa shape index (κ3) is 1.57. The van der Waals surface area contributed by atoms with Gasteiger partial charge in [-0.05, 0) is 33.4 Å². The molecule has 6 rings (SSSR count). The van der Waals surface area contributed by atoms with Gasteiger partial charge in [-0.25, -0.2) is 0 Å². The van der Waals surface area contributed by atoms with Crippen molar-refractivity contribution in [2.75, 3.05) is 14.1 Å². The third-order valence-corrected chi connectivity index (χ3v) is 5.75. The highest BCUT2D eigenvalue weighted by atomic mass is 16.2. The first-order valence-corrected chi connectivity index (χ1v) is 8.67. The summed E-state index contributed by atoms with van der Waals surface area (Å²) in [6, 6.07) is 25.4. The summed E-state index contributed by atoms with van der Waals surface area (Å²) in [4.78, 5) is 15.4. The van der Waals surface area contributed by atoms with E-state index in [1.165, 1.54) is 16.7 Å². The molecule has 0 atom stereocenters. The van der Waals surface area contributed by atoms with Gasteiger partial charge in [0.05, 0.1) is 0 Å². The van der Waals surface area contributed by atoms with E-state index in [1.807, 2.05) is 14.1 Å². The monoisotopic (exact) mass is 325 g/mol. The normalized spacial score (nSPS) is 21.9. The lowest BCUT2D eigenvalue weighted by atomic mass is 9.52. The maximum atomic E-state index is 13.7. The molecule has 0 heterocycles. The van der Waals surface area contributed by atoms with E-state index in [9.17, 15) is 4.79 Å². The number of amides is 1. The molecule has 3 aromatic rings. The van der Waals surface area contributed by atoms with Crippen LogP contribution in [0.15, 0.2) is 72.8 Å². The molecule has 0 N–H and O–H groups in total. The van der Waals surface area contributed by atoms with Crippen LogP contribution in [-0.2, 0) is 10.2 Å². The van der Waals surface area contributed by atoms with Gasteiger partial charge in [0.15, 0.2) is 0 Å². The second kappa shape index (κ2) is 4.82. The zero-order valence-electron chi connectivity index (χ0n) is 14.4. The van der Waals surface area contributed by atoms with E-state index in [0.717, 1.165) is 16.7 Å². The molecule has 1 amide bonds. The minimum atomic E-state index is -0.748. The summed E-state index contributed by atoms with van der Waals surface area (Å²) in [5.74, 6) is 0.332. The van der Waals surface area contributed by atoms with Crippen molar-refractivity contribution in [3.8, 4) is 0 Å². The Morgan fingerprint density at radius 1 is 0.720 bits per heavy atom. The molecule has 3 aliphatic rings. The number of carbonyl (C=O) groups excluding carboxylic acids is 1. The summed E-state index contributed by atoms with van der Waals surface area (Å²) in [5, 5.41) is 0. The number of hydrogen-bond acceptors (Lipinski definition) is 1. The predicted octanol–water partition coefficient (Wildman–Crippen LogP) is 3.92. The van der Waals surface area contributed by atoms with Crippen LogP contribution in [-0.4, -0.2) is 24.9 Å². The Balaban J connectivity index is 2.01. The smallest absolute Gasteiger partial charge is 0.241 e. The van der Waals surface area contributed by atoms with Crippen molar-refractivity contribution in [2.45, 2.75) is 11.3 Å². The maximum Gasteiger partial charge on any atom is 0.241 e. The van der Waals surface area contributed by atoms with Crippen LogP contribution >= 0.6 is 0 Å². The van der Waals surface area contributed by atoms with Gasteiger partial charge in [0, 0.05) is 20.0 Å². The Labute approximate surface area is 147 Å². The molecule has 122 valence electrons. The number of benzene rings is 3. The Morgan fingerprint density at radius 3 is 1.44 bits per heavy atom. The van der Waals surface area contributed by atoms with E-state index in [4.69, 9.17) is 0 Å². The Bertz CT molecular complexity index is 902. The molecule has 2 bridgehead atoms. The van der Waals surface area contributed by atoms with Crippen molar-refractivity contribution in [3.05, 3.63) is 106 Å². The summed E-state index contributed by atoms with van der Waals surface area (Å²) < 4.78 is 0. The van der Waals surface area contributed by atoms with Crippen LogP contribution in [0.4, 0.5) is 0 Å². The molecule has 0 aromatic heterocycles. The van der Waals surface area contributed by atoms with E-state index >= 15 is 0 Å². The predicted molar refractivity (Wildman–Crippen MR) is 98.8 cm³/mol. The van der Waals surface area contributed by atoms with E-state index in [-0.39, 0.29) is 11.8 Å². The fraction of sp³-hybridized carbons (Fsp3) is 0.174. The van der Waals surface area contributed by atoms with Crippen LogP contribution in [0.5, 0.6) is 0 Å². The van der Waals surface area contributed by atoms with E-state index < -0.39 is 5.41 Å². The maximum absolute atomic E-state index is 13.7. The van der Waals surface area contributed by atoms with Crippen molar-refractivity contribution in [1.82, 2.24) is 4.90 Å². The van der Waals surface area contributed by atoms with E-state index in [1.54, 1.807) is 4.90 Å². The first-order chi connectivity index (χ1) is 12.2. The lowest BCUT2D eigenvalue weighted by Crippen LogP contribution is -2.52. The molecule has 25 heavy (non-hydrogen) atoms. The van der Waals surface area contributed by atoms with Gasteiger partial charge in [0.1, 0.15) is 5.41 Å². The molecule has 3 aromatic carbocycles. The topological polar surface area (TPSA) is 20.3 Å². The van der Waals surface area contributed by atoms with Gasteiger partial charge in [-0.3, -0.25) is 4.79 Å². The second-order valence-electron chi connectivity index (χ2n) is 7.14. The minimum Gasteiger partial charge on any atom is -0.347 e. The number of rotatable bonds is 1. The highest BCUT2D eigenvalue weighted by Crippen LogP contribution is 2.59. The summed E-state index contributed by atoms with van der Waals surface area (Å²) in [5.41, 5.74) is 6.44. The number of hydrogen-bond donors (Lipinski definition) is 0. The minimum absolute atomic E-state index is 0.123. The highest BCUT2D eigenvalue weighted by Gasteiger charge is 2.56. The average molecular weight is 325 g/mol. The van der Waals surface area contributed by atoms with Crippen molar-refractivity contribution >= 4 is 5.91 Å². The van der Waals surface area contributed by atoms with Crippen LogP contribution in [0.3, 0.4) is 0 Å². The number of likely N-dealkylation sites (N-methyl/N-ethyl adjacent to an activating group) is 1. The van der Waals surface area contributed by atoms with Gasteiger partial charge in [0.25, 0.3) is 0 Å². The average Bonchev–Trinajstić information content (AvgIpc) is 2.67. The fourth-order valence-electron chi connectivity index (χ4n) is 4.89. The van der Waals surface area contributed by atoms with Crippen LogP contribution in [0.1, 0.15) is 39.3 Å². The zero-order chi connectivity index (χ0) is 17.2. The molecule has 0 saturated carbocycles. The van der Waals surface area contributed by atoms with Crippen molar-refractivity contribution < 1.29 is 4.79 Å². The highest BCUT2D eigenvalue weighted by molar-refractivity contribution is 6.00. The molecule has 0 spiro atoms. The largest absolute Gasteiger partial charge is 0.347 e. The SMILES string of the molecule is CN(C)C(=O)C12c3ccccc3C(c3ccccc31)c1ccccc12. The first kappa shape index (κ1) is 14.5. The molecular formula is C23H19NO. The van der Waals surface area contributed by atoms with Crippen LogP contribution < -0.4 is 0 Å². The van der Waals surface area contributed by atoms with E-state index in [0.29, 0.717) is 0 Å². The number of carbonyl (C=O) groups is 1. The van der Waals surface area contributed by atoms with E-state index in [2.05, 4.69) is 72.8 Å². The molecule has 0 saturated heterocycles. The van der Waals surface area contributed by atoms with Crippen molar-refractivity contribution in [3.63, 3.8) is 0 Å². The third-order valence-electron chi connectivity index (χ3n) is 5.75. The molecule has 0 aliphatic heterocycles. The molecular weight excluding hydrogens is 306 g/mol. The zero-order valence-corrected chi connectivity index (χ0v) is 14.4. The van der Waals surface area contributed by atoms with Gasteiger partial charge in [-0.2, -0.15) is 0 Å². The van der Waals surface area contributed by atoms with Gasteiger partial charge < -0.3 is 4.90 Å². The van der Waals surface area contributed by atoms with Crippen LogP contribution in [0.2, 0.25) is 0 Å². The molecule has 3 aliphatic carbocycles. The lowest BCUT2D eigenvalue weighted by molar-refractivity contribution is -0.132. The van der Waals surface area contributed by atoms with Gasteiger partial charge in [-0.15, -0.1) is 0 Å². The first-order valence-electron chi connectivity index (χ1n) is 8.67. The molecule has 0 unspecified atom stereocenters. The summed E-state index contributed by atoms with van der Waals surface area (Å²) >= 11 is 0. The molecule has 2 nitrogen and oxygen atoms in total. The second-order valence-corrected chi connectivity index (χ2v) is 7.14. The number of nitrogens with zero attached hydrogens (tertiary/aromatic N) is 1. The van der Waals surface area contributed by atoms with Gasteiger partial charge >= 0.3 is 0 Å². The van der Waals surface area contributed by atoms with Crippen molar-refractivity contribution in [2.24, 2.45) is 0 Å². The quantitative estimate of drug-likeness (QED) is 0.664. The van der Waals surface area contributed by atoms with Crippen molar-refractivity contribution in [1.29, 1.82) is 0 Å². The standard InChI is InChI=1S/C23H19NO/c1-24(2)22(25)23-18-12-6-3-9-15(18)21(16-10-4-7-13-19(16)23)17-11-5-8-14-20(17)23/h3-14,21H,1-2H3. The Morgan fingerprint density at radius 2 is 1.08 bits per heavy atom. The van der Waals surface area contributed by atoms with Crippen LogP contribution in [0, 0.1) is 0 Å². The fourth-order valence-corrected chi connectivity index (χ4v) is 4.89. The van der Waals surface area contributed by atoms with Crippen LogP contribution in [0.25, 0.3) is 0 Å². The summed E-state index contributed by atoms with van der Waals surface area (Å²) in [7, 11) is 3.71. The molecule has 2 heteroatoms. The molecule has 0 radical (unpaired) electrons. The summed E-state index contributed by atoms with van der Waals surface area (Å²) in [6.45, 7) is 0. The summed E-state index contributed by atoms with van der Waals surface area (Å²) in [6.07, 6.45) is 0. The van der Waals surface area contributed by atoms with Gasteiger partial charge in [-0.1, -0.05) is 72.8 Å². The Hall–Kier alpha value is -2.87.